The summed E-state index contributed by atoms with van der Waals surface area (Å²) in [5.41, 5.74) is 1.20. The fourth-order valence-electron chi connectivity index (χ4n) is 2.63. The van der Waals surface area contributed by atoms with Crippen LogP contribution in [0.4, 0.5) is 5.69 Å². The molecule has 6 heteroatoms. The third kappa shape index (κ3) is 3.84. The van der Waals surface area contributed by atoms with Crippen molar-refractivity contribution in [3.05, 3.63) is 17.7 Å². The maximum Gasteiger partial charge on any atom is 0.244 e. The first-order valence-corrected chi connectivity index (χ1v) is 7.29. The number of amides is 1. The molecule has 5 nitrogen and oxygen atoms in total. The van der Waals surface area contributed by atoms with Crippen LogP contribution in [0.2, 0.25) is 0 Å². The zero-order chi connectivity index (χ0) is 15.5. The van der Waals surface area contributed by atoms with Crippen LogP contribution in [0.1, 0.15) is 31.7 Å². The Balaban J connectivity index is 0.00000242. The smallest absolute Gasteiger partial charge is 0.244 e. The Hall–Kier alpha value is -1.46. The van der Waals surface area contributed by atoms with E-state index in [9.17, 15) is 4.79 Å². The molecule has 1 aromatic carbocycles. The highest BCUT2D eigenvalue weighted by atomic mass is 35.5. The molecular formula is C16H25ClN2O3. The average Bonchev–Trinajstić information content (AvgIpc) is 2.49. The van der Waals surface area contributed by atoms with Gasteiger partial charge in [-0.1, -0.05) is 0 Å². The molecule has 0 aliphatic carbocycles. The second-order valence-corrected chi connectivity index (χ2v) is 5.69. The zero-order valence-electron chi connectivity index (χ0n) is 13.6. The number of aryl methyl sites for hydroxylation is 1. The van der Waals surface area contributed by atoms with Gasteiger partial charge < -0.3 is 20.1 Å². The van der Waals surface area contributed by atoms with Gasteiger partial charge >= 0.3 is 0 Å². The number of piperidine rings is 1. The predicted molar refractivity (Wildman–Crippen MR) is 90.4 cm³/mol. The van der Waals surface area contributed by atoms with Crippen LogP contribution < -0.4 is 20.1 Å². The van der Waals surface area contributed by atoms with Gasteiger partial charge in [0.1, 0.15) is 0 Å². The number of carbonyl (C=O) groups is 1. The van der Waals surface area contributed by atoms with E-state index in [1.165, 1.54) is 0 Å². The zero-order valence-corrected chi connectivity index (χ0v) is 14.4. The van der Waals surface area contributed by atoms with Crippen LogP contribution in [0.5, 0.6) is 11.5 Å². The van der Waals surface area contributed by atoms with Gasteiger partial charge in [0.2, 0.25) is 5.91 Å². The molecule has 0 radical (unpaired) electrons. The van der Waals surface area contributed by atoms with Crippen molar-refractivity contribution in [1.82, 2.24) is 5.32 Å². The molecule has 22 heavy (non-hydrogen) atoms. The van der Waals surface area contributed by atoms with E-state index < -0.39 is 5.54 Å². The van der Waals surface area contributed by atoms with Crippen molar-refractivity contribution in [1.29, 1.82) is 0 Å². The molecule has 0 spiro atoms. The summed E-state index contributed by atoms with van der Waals surface area (Å²) < 4.78 is 10.6. The average molecular weight is 329 g/mol. The number of nitrogens with one attached hydrogen (secondary N) is 2. The van der Waals surface area contributed by atoms with E-state index in [1.54, 1.807) is 20.3 Å². The van der Waals surface area contributed by atoms with Gasteiger partial charge in [-0.25, -0.2) is 0 Å². The third-order valence-electron chi connectivity index (χ3n) is 4.10. The van der Waals surface area contributed by atoms with E-state index in [0.29, 0.717) is 11.5 Å². The van der Waals surface area contributed by atoms with Gasteiger partial charge in [0.15, 0.2) is 11.5 Å². The first-order chi connectivity index (χ1) is 10.00. The molecule has 1 aliphatic rings. The quantitative estimate of drug-likeness (QED) is 0.892. The Morgan fingerprint density at radius 2 is 1.86 bits per heavy atom. The molecule has 1 unspecified atom stereocenters. The minimum absolute atomic E-state index is 0. The minimum atomic E-state index is -0.502. The topological polar surface area (TPSA) is 59.6 Å². The first kappa shape index (κ1) is 18.6. The number of carbonyl (C=O) groups excluding carboxylic acids is 1. The van der Waals surface area contributed by atoms with Crippen LogP contribution in [0.3, 0.4) is 0 Å². The lowest BCUT2D eigenvalue weighted by Gasteiger charge is -2.33. The largest absolute Gasteiger partial charge is 0.493 e. The fraction of sp³-hybridized carbons (Fsp3) is 0.562. The van der Waals surface area contributed by atoms with Crippen molar-refractivity contribution in [2.45, 2.75) is 38.6 Å². The number of benzene rings is 1. The van der Waals surface area contributed by atoms with Gasteiger partial charge in [0.05, 0.1) is 19.8 Å². The summed E-state index contributed by atoms with van der Waals surface area (Å²) in [6, 6.07) is 3.67. The standard InChI is InChI=1S/C16H24N2O3.ClH/c1-11-9-13(20-3)14(21-4)10-12(11)18-15(19)16(2)7-5-6-8-17-16;/h9-10,17H,5-8H2,1-4H3,(H,18,19);1H. The lowest BCUT2D eigenvalue weighted by molar-refractivity contribution is -0.122. The number of ether oxygens (including phenoxy) is 2. The molecule has 0 aromatic heterocycles. The molecule has 124 valence electrons. The van der Waals surface area contributed by atoms with Gasteiger partial charge in [-0.15, -0.1) is 12.4 Å². The van der Waals surface area contributed by atoms with E-state index in [0.717, 1.165) is 37.1 Å². The molecule has 1 heterocycles. The van der Waals surface area contributed by atoms with Gasteiger partial charge in [-0.2, -0.15) is 0 Å². The normalized spacial score (nSPS) is 20.7. The molecule has 1 fully saturated rings. The highest BCUT2D eigenvalue weighted by Crippen LogP contribution is 2.33. The van der Waals surface area contributed by atoms with Gasteiger partial charge in [0, 0.05) is 11.8 Å². The molecule has 2 N–H and O–H groups in total. The summed E-state index contributed by atoms with van der Waals surface area (Å²) in [5.74, 6) is 1.27. The number of methoxy groups -OCH3 is 2. The lowest BCUT2D eigenvalue weighted by Crippen LogP contribution is -2.54. The first-order valence-electron chi connectivity index (χ1n) is 7.29. The Morgan fingerprint density at radius 3 is 2.41 bits per heavy atom. The highest BCUT2D eigenvalue weighted by molar-refractivity contribution is 5.98. The second-order valence-electron chi connectivity index (χ2n) is 5.69. The molecule has 1 amide bonds. The van der Waals surface area contributed by atoms with Crippen LogP contribution in [0.15, 0.2) is 12.1 Å². The van der Waals surface area contributed by atoms with Crippen LogP contribution in [0.25, 0.3) is 0 Å². The van der Waals surface area contributed by atoms with Crippen molar-refractivity contribution < 1.29 is 14.3 Å². The van der Waals surface area contributed by atoms with E-state index in [-0.39, 0.29) is 18.3 Å². The summed E-state index contributed by atoms with van der Waals surface area (Å²) in [6.45, 7) is 4.78. The van der Waals surface area contributed by atoms with Gasteiger partial charge in [-0.05, 0) is 51.3 Å². The molecular weight excluding hydrogens is 304 g/mol. The number of rotatable bonds is 4. The van der Waals surface area contributed by atoms with Crippen molar-refractivity contribution in [2.75, 3.05) is 26.1 Å². The fourth-order valence-corrected chi connectivity index (χ4v) is 2.63. The number of halogens is 1. The summed E-state index contributed by atoms with van der Waals surface area (Å²) in [6.07, 6.45) is 3.05. The van der Waals surface area contributed by atoms with E-state index >= 15 is 0 Å². The minimum Gasteiger partial charge on any atom is -0.493 e. The number of hydrogen-bond donors (Lipinski definition) is 2. The van der Waals surface area contributed by atoms with Gasteiger partial charge in [-0.3, -0.25) is 4.79 Å². The van der Waals surface area contributed by atoms with Gasteiger partial charge in [0.25, 0.3) is 0 Å². The summed E-state index contributed by atoms with van der Waals surface area (Å²) >= 11 is 0. The van der Waals surface area contributed by atoms with Crippen molar-refractivity contribution in [3.63, 3.8) is 0 Å². The Labute approximate surface area is 138 Å². The maximum atomic E-state index is 12.5. The maximum absolute atomic E-state index is 12.5. The predicted octanol–water partition coefficient (Wildman–Crippen LogP) is 2.90. The molecule has 0 saturated carbocycles. The summed E-state index contributed by atoms with van der Waals surface area (Å²) in [7, 11) is 3.19. The SMILES string of the molecule is COc1cc(C)c(NC(=O)C2(C)CCCCN2)cc1OC.Cl. The Kier molecular flexibility index (Phi) is 6.50. The second kappa shape index (κ2) is 7.70. The highest BCUT2D eigenvalue weighted by Gasteiger charge is 2.34. The van der Waals surface area contributed by atoms with Crippen LogP contribution in [0, 0.1) is 6.92 Å². The number of anilines is 1. The summed E-state index contributed by atoms with van der Waals surface area (Å²) in [4.78, 5) is 12.5. The molecule has 1 aromatic rings. The molecule has 1 aliphatic heterocycles. The molecule has 0 bridgehead atoms. The van der Waals surface area contributed by atoms with E-state index in [4.69, 9.17) is 9.47 Å². The summed E-state index contributed by atoms with van der Waals surface area (Å²) in [5, 5.41) is 6.33. The van der Waals surface area contributed by atoms with E-state index in [1.807, 2.05) is 19.9 Å². The Bertz CT molecular complexity index is 528. The number of hydrogen-bond acceptors (Lipinski definition) is 4. The Morgan fingerprint density at radius 1 is 1.23 bits per heavy atom. The van der Waals surface area contributed by atoms with Crippen molar-refractivity contribution >= 4 is 24.0 Å². The molecule has 1 atom stereocenters. The molecule has 2 rings (SSSR count). The van der Waals surface area contributed by atoms with Crippen LogP contribution in [-0.2, 0) is 4.79 Å². The van der Waals surface area contributed by atoms with Crippen molar-refractivity contribution in [3.8, 4) is 11.5 Å². The van der Waals surface area contributed by atoms with Crippen LogP contribution >= 0.6 is 12.4 Å². The van der Waals surface area contributed by atoms with Crippen LogP contribution in [-0.4, -0.2) is 32.2 Å². The van der Waals surface area contributed by atoms with E-state index in [2.05, 4.69) is 10.6 Å². The lowest BCUT2D eigenvalue weighted by atomic mass is 9.90. The van der Waals surface area contributed by atoms with Crippen molar-refractivity contribution in [2.24, 2.45) is 0 Å². The monoisotopic (exact) mass is 328 g/mol. The third-order valence-corrected chi connectivity index (χ3v) is 4.10. The molecule has 1 saturated heterocycles.